The van der Waals surface area contributed by atoms with Crippen molar-refractivity contribution in [1.29, 1.82) is 0 Å². The third-order valence-electron chi connectivity index (χ3n) is 6.78. The van der Waals surface area contributed by atoms with Crippen molar-refractivity contribution in [2.24, 2.45) is 5.92 Å². The number of ether oxygens (including phenoxy) is 2. The van der Waals surface area contributed by atoms with E-state index in [9.17, 15) is 14.7 Å². The smallest absolute Gasteiger partial charge is 0.308 e. The van der Waals surface area contributed by atoms with Crippen LogP contribution in [0.3, 0.4) is 0 Å². The Hall–Kier alpha value is -3.17. The number of aromatic nitrogens is 1. The number of hydroxylamine groups is 2. The van der Waals surface area contributed by atoms with Gasteiger partial charge in [0.05, 0.1) is 19.1 Å². The van der Waals surface area contributed by atoms with Gasteiger partial charge in [0.15, 0.2) is 11.5 Å². The molecule has 0 radical (unpaired) electrons. The van der Waals surface area contributed by atoms with Gasteiger partial charge in [-0.2, -0.15) is 0 Å². The molecule has 0 aliphatic carbocycles. The van der Waals surface area contributed by atoms with Gasteiger partial charge in [0.1, 0.15) is 0 Å². The van der Waals surface area contributed by atoms with E-state index >= 15 is 0 Å². The Morgan fingerprint density at radius 3 is 2.72 bits per heavy atom. The van der Waals surface area contributed by atoms with Crippen molar-refractivity contribution in [3.8, 4) is 11.5 Å². The Bertz CT molecular complexity index is 1030. The van der Waals surface area contributed by atoms with E-state index in [-0.39, 0.29) is 31.2 Å². The van der Waals surface area contributed by atoms with Crippen LogP contribution in [-0.2, 0) is 20.8 Å². The zero-order valence-corrected chi connectivity index (χ0v) is 21.0. The van der Waals surface area contributed by atoms with Crippen molar-refractivity contribution in [1.82, 2.24) is 14.9 Å². The summed E-state index contributed by atoms with van der Waals surface area (Å²) in [5.41, 5.74) is 1.77. The fraction of sp³-hybridized carbons (Fsp3) is 0.519. The van der Waals surface area contributed by atoms with Crippen LogP contribution in [0.4, 0.5) is 0 Å². The average Bonchev–Trinajstić information content (AvgIpc) is 3.50. The Kier molecular flexibility index (Phi) is 8.77. The first-order valence-electron chi connectivity index (χ1n) is 12.7. The summed E-state index contributed by atoms with van der Waals surface area (Å²) in [7, 11) is 0. The highest BCUT2D eigenvalue weighted by Crippen LogP contribution is 2.43. The molecule has 36 heavy (non-hydrogen) atoms. The van der Waals surface area contributed by atoms with Crippen molar-refractivity contribution < 1.29 is 29.0 Å². The molecule has 2 aliphatic rings. The van der Waals surface area contributed by atoms with Crippen molar-refractivity contribution in [3.05, 3.63) is 53.9 Å². The zero-order chi connectivity index (χ0) is 25.5. The Morgan fingerprint density at radius 1 is 1.17 bits per heavy atom. The Morgan fingerprint density at radius 2 is 2.00 bits per heavy atom. The predicted octanol–water partition coefficient (Wildman–Crippen LogP) is 3.49. The van der Waals surface area contributed by atoms with Gasteiger partial charge in [0, 0.05) is 36.9 Å². The van der Waals surface area contributed by atoms with E-state index in [1.165, 1.54) is 5.06 Å². The van der Waals surface area contributed by atoms with Crippen molar-refractivity contribution in [2.75, 3.05) is 33.0 Å². The molecule has 2 aliphatic heterocycles. The number of likely N-dealkylation sites (tertiary alicyclic amines) is 1. The number of rotatable bonds is 12. The van der Waals surface area contributed by atoms with E-state index in [0.717, 1.165) is 24.1 Å². The van der Waals surface area contributed by atoms with E-state index in [2.05, 4.69) is 4.98 Å². The second kappa shape index (κ2) is 12.2. The summed E-state index contributed by atoms with van der Waals surface area (Å²) in [6, 6.07) is 11.0. The molecule has 3 unspecified atom stereocenters. The minimum Gasteiger partial charge on any atom is -0.481 e. The van der Waals surface area contributed by atoms with Crippen LogP contribution in [-0.4, -0.2) is 71.0 Å². The molecule has 3 atom stereocenters. The summed E-state index contributed by atoms with van der Waals surface area (Å²) in [4.78, 5) is 38.0. The van der Waals surface area contributed by atoms with Crippen LogP contribution in [0.25, 0.3) is 0 Å². The number of nitrogens with zero attached hydrogens (tertiary/aromatic N) is 3. The molecule has 1 fully saturated rings. The van der Waals surface area contributed by atoms with Gasteiger partial charge in [0.2, 0.25) is 6.79 Å². The standard InChI is InChI=1S/C27H35N3O6/c1-3-13-30(36-14-4-2)25(31)17-29-16-21(19-8-11-23-24(15-19)35-18-34-23)26(27(32)33)22(29)10-9-20-7-5-6-12-28-20/h5-8,11-12,15,21-22,26H,3-4,9-10,13-14,16-18H2,1-2H3,(H,32,33). The minimum absolute atomic E-state index is 0.0986. The van der Waals surface area contributed by atoms with Gasteiger partial charge in [-0.25, -0.2) is 5.06 Å². The first kappa shape index (κ1) is 25.9. The molecular formula is C27H35N3O6. The maximum atomic E-state index is 13.3. The number of carboxylic acid groups (broad SMARTS) is 1. The molecule has 2 aromatic rings. The third kappa shape index (κ3) is 5.96. The molecule has 9 nitrogen and oxygen atoms in total. The molecular weight excluding hydrogens is 462 g/mol. The molecule has 1 aromatic heterocycles. The van der Waals surface area contributed by atoms with Crippen LogP contribution < -0.4 is 9.47 Å². The monoisotopic (exact) mass is 497 g/mol. The van der Waals surface area contributed by atoms with Gasteiger partial charge < -0.3 is 14.6 Å². The van der Waals surface area contributed by atoms with Gasteiger partial charge in [-0.15, -0.1) is 0 Å². The van der Waals surface area contributed by atoms with Gasteiger partial charge in [-0.05, 0) is 55.5 Å². The highest BCUT2D eigenvalue weighted by Gasteiger charge is 2.47. The molecule has 1 amide bonds. The number of hydrogen-bond acceptors (Lipinski definition) is 7. The molecule has 3 heterocycles. The summed E-state index contributed by atoms with van der Waals surface area (Å²) in [6.45, 7) is 5.66. The van der Waals surface area contributed by atoms with Crippen LogP contribution in [0.1, 0.15) is 50.3 Å². The lowest BCUT2D eigenvalue weighted by Crippen LogP contribution is -2.44. The second-order valence-corrected chi connectivity index (χ2v) is 9.27. The van der Waals surface area contributed by atoms with Gasteiger partial charge in [-0.1, -0.05) is 26.0 Å². The number of benzene rings is 1. The number of hydrogen-bond donors (Lipinski definition) is 1. The largest absolute Gasteiger partial charge is 0.481 e. The number of carbonyl (C=O) groups excluding carboxylic acids is 1. The number of carbonyl (C=O) groups is 2. The van der Waals surface area contributed by atoms with Crippen LogP contribution >= 0.6 is 0 Å². The SMILES string of the molecule is CCCON(CCC)C(=O)CN1CC(c2ccc3c(c2)OCO3)C(C(=O)O)C1CCc1ccccn1. The van der Waals surface area contributed by atoms with Gasteiger partial charge >= 0.3 is 5.97 Å². The fourth-order valence-electron chi connectivity index (χ4n) is 5.09. The quantitative estimate of drug-likeness (QED) is 0.445. The molecule has 194 valence electrons. The molecule has 9 heteroatoms. The van der Waals surface area contributed by atoms with Crippen molar-refractivity contribution >= 4 is 11.9 Å². The topological polar surface area (TPSA) is 101 Å². The number of amides is 1. The number of aryl methyl sites for hydroxylation is 1. The second-order valence-electron chi connectivity index (χ2n) is 9.27. The van der Waals surface area contributed by atoms with Crippen molar-refractivity contribution in [3.63, 3.8) is 0 Å². The average molecular weight is 498 g/mol. The first-order valence-corrected chi connectivity index (χ1v) is 12.7. The molecule has 1 aromatic carbocycles. The predicted molar refractivity (Wildman–Crippen MR) is 133 cm³/mol. The number of fused-ring (bicyclic) bond motifs is 1. The van der Waals surface area contributed by atoms with Crippen molar-refractivity contribution in [2.45, 2.75) is 51.5 Å². The van der Waals surface area contributed by atoms with Crippen LogP contribution in [0.2, 0.25) is 0 Å². The summed E-state index contributed by atoms with van der Waals surface area (Å²) in [5, 5.41) is 11.8. The summed E-state index contributed by atoms with van der Waals surface area (Å²) < 4.78 is 11.0. The maximum Gasteiger partial charge on any atom is 0.308 e. The first-order chi connectivity index (χ1) is 17.5. The normalized spacial score (nSPS) is 21.0. The van der Waals surface area contributed by atoms with E-state index in [0.29, 0.717) is 44.0 Å². The van der Waals surface area contributed by atoms with Crippen LogP contribution in [0.5, 0.6) is 11.5 Å². The van der Waals surface area contributed by atoms with Crippen LogP contribution in [0, 0.1) is 5.92 Å². The molecule has 0 saturated carbocycles. The Balaban J connectivity index is 1.59. The number of aliphatic carboxylic acids is 1. The lowest BCUT2D eigenvalue weighted by molar-refractivity contribution is -0.188. The summed E-state index contributed by atoms with van der Waals surface area (Å²) in [6.07, 6.45) is 4.52. The fourth-order valence-corrected chi connectivity index (χ4v) is 5.09. The molecule has 1 saturated heterocycles. The van der Waals surface area contributed by atoms with E-state index in [1.54, 1.807) is 6.20 Å². The van der Waals surface area contributed by atoms with Gasteiger partial charge in [0.25, 0.3) is 5.91 Å². The Labute approximate surface area is 211 Å². The minimum atomic E-state index is -0.869. The van der Waals surface area contributed by atoms with Gasteiger partial charge in [-0.3, -0.25) is 24.3 Å². The zero-order valence-electron chi connectivity index (χ0n) is 21.0. The lowest BCUT2D eigenvalue weighted by Gasteiger charge is -2.29. The van der Waals surface area contributed by atoms with E-state index in [1.807, 2.05) is 55.1 Å². The summed E-state index contributed by atoms with van der Waals surface area (Å²) in [5.74, 6) is -0.716. The van der Waals surface area contributed by atoms with E-state index < -0.39 is 11.9 Å². The van der Waals surface area contributed by atoms with E-state index in [4.69, 9.17) is 14.3 Å². The lowest BCUT2D eigenvalue weighted by atomic mass is 9.83. The maximum absolute atomic E-state index is 13.3. The third-order valence-corrected chi connectivity index (χ3v) is 6.78. The number of pyridine rings is 1. The molecule has 4 rings (SSSR count). The molecule has 1 N–H and O–H groups in total. The molecule has 0 spiro atoms. The number of carboxylic acids is 1. The highest BCUT2D eigenvalue weighted by molar-refractivity contribution is 5.78. The highest BCUT2D eigenvalue weighted by atomic mass is 16.7. The van der Waals surface area contributed by atoms with Crippen LogP contribution in [0.15, 0.2) is 42.6 Å². The molecule has 0 bridgehead atoms. The summed E-state index contributed by atoms with van der Waals surface area (Å²) >= 11 is 0.